The van der Waals surface area contributed by atoms with Gasteiger partial charge in [0.05, 0.1) is 11.4 Å². The number of rotatable bonds is 2. The Kier molecular flexibility index (Phi) is 4.09. The van der Waals surface area contributed by atoms with Crippen LogP contribution in [0.25, 0.3) is 10.9 Å². The maximum absolute atomic E-state index is 11.6. The number of pyridine rings is 1. The highest BCUT2D eigenvalue weighted by molar-refractivity contribution is 6.31. The molecule has 0 bridgehead atoms. The lowest BCUT2D eigenvalue weighted by Crippen LogP contribution is -2.45. The normalized spacial score (nSPS) is 21.3. The first-order chi connectivity index (χ1) is 11.0. The SMILES string of the molecule is O=C(O)C1CN(C(=O)O)CCC1c1ccnc2cc(Cl)ccc12. The van der Waals surface area contributed by atoms with Gasteiger partial charge in [-0.15, -0.1) is 0 Å². The lowest BCUT2D eigenvalue weighted by Gasteiger charge is -2.35. The van der Waals surface area contributed by atoms with Crippen molar-refractivity contribution in [2.24, 2.45) is 5.92 Å². The fraction of sp³-hybridized carbons (Fsp3) is 0.312. The summed E-state index contributed by atoms with van der Waals surface area (Å²) in [6.07, 6.45) is 1.02. The molecule has 3 rings (SSSR count). The highest BCUT2D eigenvalue weighted by Crippen LogP contribution is 2.37. The van der Waals surface area contributed by atoms with Crippen LogP contribution in [-0.2, 0) is 4.79 Å². The average Bonchev–Trinajstić information content (AvgIpc) is 2.53. The van der Waals surface area contributed by atoms with Crippen molar-refractivity contribution in [1.29, 1.82) is 0 Å². The van der Waals surface area contributed by atoms with Crippen LogP contribution in [0.1, 0.15) is 17.9 Å². The molecular weight excluding hydrogens is 320 g/mol. The molecule has 23 heavy (non-hydrogen) atoms. The molecule has 7 heteroatoms. The fourth-order valence-electron chi connectivity index (χ4n) is 3.21. The van der Waals surface area contributed by atoms with E-state index >= 15 is 0 Å². The van der Waals surface area contributed by atoms with Gasteiger partial charge in [-0.3, -0.25) is 9.78 Å². The van der Waals surface area contributed by atoms with Crippen LogP contribution < -0.4 is 0 Å². The molecule has 120 valence electrons. The maximum atomic E-state index is 11.6. The second-order valence-corrected chi connectivity index (χ2v) is 6.07. The third-order valence-corrected chi connectivity index (χ3v) is 4.57. The number of carboxylic acids is 1. The Morgan fingerprint density at radius 2 is 2.04 bits per heavy atom. The minimum Gasteiger partial charge on any atom is -0.481 e. The van der Waals surface area contributed by atoms with E-state index in [1.807, 2.05) is 12.1 Å². The predicted molar refractivity (Wildman–Crippen MR) is 84.8 cm³/mol. The Balaban J connectivity index is 2.03. The number of nitrogens with zero attached hydrogens (tertiary/aromatic N) is 2. The van der Waals surface area contributed by atoms with Crippen LogP contribution in [0.5, 0.6) is 0 Å². The molecule has 1 aromatic heterocycles. The Labute approximate surface area is 137 Å². The molecule has 1 fully saturated rings. The van der Waals surface area contributed by atoms with Gasteiger partial charge in [-0.1, -0.05) is 17.7 Å². The first-order valence-corrected chi connectivity index (χ1v) is 7.60. The Morgan fingerprint density at radius 1 is 1.26 bits per heavy atom. The van der Waals surface area contributed by atoms with Crippen LogP contribution in [0.15, 0.2) is 30.5 Å². The third-order valence-electron chi connectivity index (χ3n) is 4.34. The molecule has 0 spiro atoms. The highest BCUT2D eigenvalue weighted by Gasteiger charge is 2.37. The highest BCUT2D eigenvalue weighted by atomic mass is 35.5. The smallest absolute Gasteiger partial charge is 0.407 e. The standard InChI is InChI=1S/C16H15ClN2O4/c17-9-1-2-12-10(3-5-18-14(12)7-9)11-4-6-19(16(22)23)8-13(11)15(20)21/h1-3,5,7,11,13H,4,6,8H2,(H,20,21)(H,22,23). The summed E-state index contributed by atoms with van der Waals surface area (Å²) >= 11 is 5.98. The quantitative estimate of drug-likeness (QED) is 0.880. The van der Waals surface area contributed by atoms with Crippen molar-refractivity contribution in [3.05, 3.63) is 41.0 Å². The summed E-state index contributed by atoms with van der Waals surface area (Å²) in [6.45, 7) is 0.313. The van der Waals surface area contributed by atoms with Crippen LogP contribution in [0.3, 0.4) is 0 Å². The van der Waals surface area contributed by atoms with E-state index < -0.39 is 18.0 Å². The number of aromatic nitrogens is 1. The summed E-state index contributed by atoms with van der Waals surface area (Å²) < 4.78 is 0. The number of benzene rings is 1. The van der Waals surface area contributed by atoms with E-state index in [4.69, 9.17) is 16.7 Å². The molecule has 2 unspecified atom stereocenters. The van der Waals surface area contributed by atoms with Gasteiger partial charge in [-0.25, -0.2) is 4.79 Å². The van der Waals surface area contributed by atoms with E-state index in [-0.39, 0.29) is 12.5 Å². The second kappa shape index (κ2) is 6.04. The molecule has 6 nitrogen and oxygen atoms in total. The van der Waals surface area contributed by atoms with E-state index in [0.29, 0.717) is 23.5 Å². The van der Waals surface area contributed by atoms with Crippen LogP contribution in [0, 0.1) is 5.92 Å². The van der Waals surface area contributed by atoms with E-state index in [2.05, 4.69) is 4.98 Å². The number of carbonyl (C=O) groups is 2. The number of hydrogen-bond donors (Lipinski definition) is 2. The molecule has 0 radical (unpaired) electrons. The van der Waals surface area contributed by atoms with E-state index in [1.54, 1.807) is 18.3 Å². The molecule has 2 atom stereocenters. The fourth-order valence-corrected chi connectivity index (χ4v) is 3.38. The number of halogens is 1. The van der Waals surface area contributed by atoms with Crippen molar-refractivity contribution in [1.82, 2.24) is 9.88 Å². The summed E-state index contributed by atoms with van der Waals surface area (Å²) in [4.78, 5) is 28.2. The lowest BCUT2D eigenvalue weighted by molar-refractivity contribution is -0.144. The summed E-state index contributed by atoms with van der Waals surface area (Å²) in [6, 6.07) is 7.13. The van der Waals surface area contributed by atoms with Crippen molar-refractivity contribution >= 4 is 34.6 Å². The molecule has 2 N–H and O–H groups in total. The van der Waals surface area contributed by atoms with Crippen molar-refractivity contribution < 1.29 is 19.8 Å². The third kappa shape index (κ3) is 2.94. The van der Waals surface area contributed by atoms with Crippen molar-refractivity contribution in [3.8, 4) is 0 Å². The van der Waals surface area contributed by atoms with Gasteiger partial charge in [-0.05, 0) is 30.2 Å². The van der Waals surface area contributed by atoms with E-state index in [9.17, 15) is 14.7 Å². The maximum Gasteiger partial charge on any atom is 0.407 e. The number of aliphatic carboxylic acids is 1. The molecule has 2 heterocycles. The topological polar surface area (TPSA) is 90.7 Å². The van der Waals surface area contributed by atoms with Crippen LogP contribution >= 0.6 is 11.6 Å². The number of fused-ring (bicyclic) bond motifs is 1. The van der Waals surface area contributed by atoms with Crippen LogP contribution in [0.4, 0.5) is 4.79 Å². The van der Waals surface area contributed by atoms with E-state index in [1.165, 1.54) is 0 Å². The van der Waals surface area contributed by atoms with Gasteiger partial charge in [0.2, 0.25) is 0 Å². The second-order valence-electron chi connectivity index (χ2n) is 5.63. The lowest BCUT2D eigenvalue weighted by atomic mass is 9.79. The summed E-state index contributed by atoms with van der Waals surface area (Å²) in [5.41, 5.74) is 1.59. The first kappa shape index (κ1) is 15.6. The minimum absolute atomic E-state index is 0.00720. The molecule has 2 aromatic rings. The Hall–Kier alpha value is -2.34. The molecule has 0 saturated carbocycles. The molecular formula is C16H15ClN2O4. The van der Waals surface area contributed by atoms with Crippen molar-refractivity contribution in [3.63, 3.8) is 0 Å². The number of carboxylic acid groups (broad SMARTS) is 2. The molecule has 0 aliphatic carbocycles. The summed E-state index contributed by atoms with van der Waals surface area (Å²) in [5.74, 6) is -2.02. The van der Waals surface area contributed by atoms with Crippen molar-refractivity contribution in [2.75, 3.05) is 13.1 Å². The Bertz CT molecular complexity index is 780. The van der Waals surface area contributed by atoms with Gasteiger partial charge >= 0.3 is 12.1 Å². The average molecular weight is 335 g/mol. The number of amides is 1. The summed E-state index contributed by atoms with van der Waals surface area (Å²) in [7, 11) is 0. The zero-order chi connectivity index (χ0) is 16.6. The number of likely N-dealkylation sites (tertiary alicyclic amines) is 1. The van der Waals surface area contributed by atoms with E-state index in [0.717, 1.165) is 15.8 Å². The first-order valence-electron chi connectivity index (χ1n) is 7.22. The van der Waals surface area contributed by atoms with Gasteiger partial charge in [0.1, 0.15) is 0 Å². The van der Waals surface area contributed by atoms with Gasteiger partial charge < -0.3 is 15.1 Å². The monoisotopic (exact) mass is 334 g/mol. The number of hydrogen-bond acceptors (Lipinski definition) is 3. The van der Waals surface area contributed by atoms with Gasteiger partial charge in [-0.2, -0.15) is 0 Å². The predicted octanol–water partition coefficient (Wildman–Crippen LogP) is 3.06. The van der Waals surface area contributed by atoms with Crippen LogP contribution in [0.2, 0.25) is 5.02 Å². The molecule has 1 aromatic carbocycles. The molecule has 1 aliphatic heterocycles. The zero-order valence-corrected chi connectivity index (χ0v) is 12.9. The summed E-state index contributed by atoms with van der Waals surface area (Å²) in [5, 5.41) is 20.1. The van der Waals surface area contributed by atoms with Gasteiger partial charge in [0.25, 0.3) is 0 Å². The van der Waals surface area contributed by atoms with Gasteiger partial charge in [0.15, 0.2) is 0 Å². The van der Waals surface area contributed by atoms with Crippen molar-refractivity contribution in [2.45, 2.75) is 12.3 Å². The number of piperidine rings is 1. The minimum atomic E-state index is -1.08. The zero-order valence-electron chi connectivity index (χ0n) is 12.1. The Morgan fingerprint density at radius 3 is 2.74 bits per heavy atom. The molecule has 1 amide bonds. The molecule has 1 saturated heterocycles. The van der Waals surface area contributed by atoms with Gasteiger partial charge in [0, 0.05) is 35.6 Å². The molecule has 1 aliphatic rings. The van der Waals surface area contributed by atoms with Crippen LogP contribution in [-0.4, -0.2) is 45.2 Å². The largest absolute Gasteiger partial charge is 0.481 e.